The molecule has 2 rings (SSSR count). The summed E-state index contributed by atoms with van der Waals surface area (Å²) in [5.74, 6) is 0.882. The van der Waals surface area contributed by atoms with E-state index in [1.54, 1.807) is 6.07 Å². The lowest BCUT2D eigenvalue weighted by atomic mass is 9.97. The Balaban J connectivity index is 2.48. The van der Waals surface area contributed by atoms with E-state index in [9.17, 15) is 10.1 Å². The van der Waals surface area contributed by atoms with E-state index in [1.807, 2.05) is 6.08 Å². The van der Waals surface area contributed by atoms with Gasteiger partial charge in [-0.3, -0.25) is 15.0 Å². The lowest BCUT2D eigenvalue weighted by Crippen LogP contribution is -2.45. The van der Waals surface area contributed by atoms with Crippen LogP contribution in [0.5, 0.6) is 11.5 Å². The zero-order valence-electron chi connectivity index (χ0n) is 14.3. The maximum Gasteiger partial charge on any atom is 0.278 e. The zero-order chi connectivity index (χ0) is 17.5. The van der Waals surface area contributed by atoms with Gasteiger partial charge in [0.1, 0.15) is 0 Å². The van der Waals surface area contributed by atoms with Crippen LogP contribution in [0.3, 0.4) is 0 Å². The van der Waals surface area contributed by atoms with Gasteiger partial charge in [0.25, 0.3) is 5.69 Å². The van der Waals surface area contributed by atoms with Crippen molar-refractivity contribution < 1.29 is 14.4 Å². The van der Waals surface area contributed by atoms with Gasteiger partial charge in [0.05, 0.1) is 30.8 Å². The van der Waals surface area contributed by atoms with Gasteiger partial charge in [0.2, 0.25) is 0 Å². The van der Waals surface area contributed by atoms with Gasteiger partial charge in [0, 0.05) is 32.2 Å². The van der Waals surface area contributed by atoms with Crippen molar-refractivity contribution >= 4 is 5.69 Å². The molecular weight excluding hydrogens is 310 g/mol. The van der Waals surface area contributed by atoms with E-state index in [0.717, 1.165) is 39.0 Å². The van der Waals surface area contributed by atoms with Crippen molar-refractivity contribution in [3.8, 4) is 11.5 Å². The standard InChI is InChI=1S/C17H25N3O4/c1-4-5-6-14(19-9-7-18-8-10-19)13-11-16(23-2)17(24-3)12-15(13)20(21)22/h4,11-12,14,18H,1,5-10H2,2-3H3/t14-/m1/s1. The van der Waals surface area contributed by atoms with Gasteiger partial charge >= 0.3 is 0 Å². The molecule has 132 valence electrons. The fourth-order valence-electron chi connectivity index (χ4n) is 3.11. The molecule has 0 unspecified atom stereocenters. The summed E-state index contributed by atoms with van der Waals surface area (Å²) in [4.78, 5) is 13.5. The first-order chi connectivity index (χ1) is 11.6. The Hall–Kier alpha value is -2.12. The lowest BCUT2D eigenvalue weighted by Gasteiger charge is -2.35. The molecule has 1 fully saturated rings. The fourth-order valence-corrected chi connectivity index (χ4v) is 3.11. The summed E-state index contributed by atoms with van der Waals surface area (Å²) in [6.45, 7) is 7.25. The van der Waals surface area contributed by atoms with E-state index in [-0.39, 0.29) is 16.7 Å². The maximum atomic E-state index is 11.6. The van der Waals surface area contributed by atoms with Crippen LogP contribution >= 0.6 is 0 Å². The molecule has 0 radical (unpaired) electrons. The second kappa shape index (κ2) is 8.65. The Morgan fingerprint density at radius 2 is 1.96 bits per heavy atom. The van der Waals surface area contributed by atoms with Crippen LogP contribution in [0, 0.1) is 10.1 Å². The molecule has 1 aliphatic rings. The number of benzene rings is 1. The van der Waals surface area contributed by atoms with Crippen LogP contribution in [0.25, 0.3) is 0 Å². The summed E-state index contributed by atoms with van der Waals surface area (Å²) in [7, 11) is 3.02. The average molecular weight is 335 g/mol. The molecule has 0 amide bonds. The van der Waals surface area contributed by atoms with Crippen molar-refractivity contribution in [1.29, 1.82) is 0 Å². The number of nitro groups is 1. The summed E-state index contributed by atoms with van der Waals surface area (Å²) in [6.07, 6.45) is 3.42. The highest BCUT2D eigenvalue weighted by Gasteiger charge is 2.30. The molecule has 1 heterocycles. The molecule has 7 heteroatoms. The lowest BCUT2D eigenvalue weighted by molar-refractivity contribution is -0.386. The summed E-state index contributed by atoms with van der Waals surface area (Å²) in [6, 6.07) is 3.15. The second-order valence-electron chi connectivity index (χ2n) is 5.69. The van der Waals surface area contributed by atoms with Crippen molar-refractivity contribution in [2.45, 2.75) is 18.9 Å². The van der Waals surface area contributed by atoms with Crippen molar-refractivity contribution in [3.05, 3.63) is 40.5 Å². The first kappa shape index (κ1) is 18.2. The average Bonchev–Trinajstić information content (AvgIpc) is 2.62. The van der Waals surface area contributed by atoms with Gasteiger partial charge in [-0.2, -0.15) is 0 Å². The van der Waals surface area contributed by atoms with Crippen molar-refractivity contribution in [2.75, 3.05) is 40.4 Å². The number of allylic oxidation sites excluding steroid dienone is 1. The normalized spacial score (nSPS) is 16.4. The second-order valence-corrected chi connectivity index (χ2v) is 5.69. The smallest absolute Gasteiger partial charge is 0.278 e. The Labute approximate surface area is 142 Å². The highest BCUT2D eigenvalue weighted by molar-refractivity contribution is 5.55. The molecule has 0 saturated carbocycles. The highest BCUT2D eigenvalue weighted by Crippen LogP contribution is 2.40. The van der Waals surface area contributed by atoms with Crippen molar-refractivity contribution in [1.82, 2.24) is 10.2 Å². The number of piperazine rings is 1. The van der Waals surface area contributed by atoms with Gasteiger partial charge in [-0.05, 0) is 18.9 Å². The van der Waals surface area contributed by atoms with Crippen LogP contribution in [-0.2, 0) is 0 Å². The summed E-state index contributed by atoms with van der Waals surface area (Å²) in [5.41, 5.74) is 0.738. The van der Waals surface area contributed by atoms with E-state index in [2.05, 4.69) is 16.8 Å². The minimum atomic E-state index is -0.347. The number of methoxy groups -OCH3 is 2. The predicted molar refractivity (Wildman–Crippen MR) is 92.8 cm³/mol. The van der Waals surface area contributed by atoms with Crippen LogP contribution < -0.4 is 14.8 Å². The third kappa shape index (κ3) is 4.04. The molecular formula is C17H25N3O4. The van der Waals surface area contributed by atoms with Gasteiger partial charge in [-0.25, -0.2) is 0 Å². The first-order valence-corrected chi connectivity index (χ1v) is 8.08. The number of rotatable bonds is 8. The summed E-state index contributed by atoms with van der Waals surface area (Å²) < 4.78 is 10.6. The number of nitrogens with zero attached hydrogens (tertiary/aromatic N) is 2. The largest absolute Gasteiger partial charge is 0.493 e. The summed E-state index contributed by atoms with van der Waals surface area (Å²) in [5, 5.41) is 14.9. The number of ether oxygens (including phenoxy) is 2. The number of nitrogens with one attached hydrogen (secondary N) is 1. The zero-order valence-corrected chi connectivity index (χ0v) is 14.3. The molecule has 1 saturated heterocycles. The molecule has 7 nitrogen and oxygen atoms in total. The molecule has 1 atom stereocenters. The molecule has 0 aliphatic carbocycles. The SMILES string of the molecule is C=CCC[C@H](c1cc(OC)c(OC)cc1[N+](=O)[O-])N1CCNCC1. The highest BCUT2D eigenvalue weighted by atomic mass is 16.6. The van der Waals surface area contributed by atoms with Crippen LogP contribution in [0.15, 0.2) is 24.8 Å². The molecule has 0 aromatic heterocycles. The van der Waals surface area contributed by atoms with E-state index < -0.39 is 0 Å². The van der Waals surface area contributed by atoms with Crippen LogP contribution in [-0.4, -0.2) is 50.2 Å². The number of nitro benzene ring substituents is 1. The molecule has 1 N–H and O–H groups in total. The predicted octanol–water partition coefficient (Wildman–Crippen LogP) is 2.52. The molecule has 1 aromatic carbocycles. The van der Waals surface area contributed by atoms with Gasteiger partial charge in [-0.15, -0.1) is 6.58 Å². The van der Waals surface area contributed by atoms with E-state index in [0.29, 0.717) is 17.1 Å². The molecule has 24 heavy (non-hydrogen) atoms. The molecule has 1 aliphatic heterocycles. The maximum absolute atomic E-state index is 11.6. The quantitative estimate of drug-likeness (QED) is 0.447. The summed E-state index contributed by atoms with van der Waals surface area (Å²) >= 11 is 0. The molecule has 1 aromatic rings. The Morgan fingerprint density at radius 3 is 2.50 bits per heavy atom. The first-order valence-electron chi connectivity index (χ1n) is 8.08. The minimum absolute atomic E-state index is 0.0506. The fraction of sp³-hybridized carbons (Fsp3) is 0.529. The van der Waals surface area contributed by atoms with Crippen molar-refractivity contribution in [2.24, 2.45) is 0 Å². The monoisotopic (exact) mass is 335 g/mol. The van der Waals surface area contributed by atoms with Crippen molar-refractivity contribution in [3.63, 3.8) is 0 Å². The van der Waals surface area contributed by atoms with E-state index in [1.165, 1.54) is 20.3 Å². The van der Waals surface area contributed by atoms with Gasteiger partial charge in [0.15, 0.2) is 11.5 Å². The van der Waals surface area contributed by atoms with Crippen LogP contribution in [0.2, 0.25) is 0 Å². The van der Waals surface area contributed by atoms with Gasteiger partial charge in [-0.1, -0.05) is 6.08 Å². The molecule has 0 bridgehead atoms. The van der Waals surface area contributed by atoms with E-state index >= 15 is 0 Å². The topological polar surface area (TPSA) is 76.9 Å². The third-order valence-corrected chi connectivity index (χ3v) is 4.33. The third-order valence-electron chi connectivity index (χ3n) is 4.33. The van der Waals surface area contributed by atoms with Crippen LogP contribution in [0.4, 0.5) is 5.69 Å². The van der Waals surface area contributed by atoms with E-state index in [4.69, 9.17) is 9.47 Å². The number of hydrogen-bond acceptors (Lipinski definition) is 6. The Morgan fingerprint density at radius 1 is 1.33 bits per heavy atom. The molecule has 0 spiro atoms. The Kier molecular flexibility index (Phi) is 6.57. The minimum Gasteiger partial charge on any atom is -0.493 e. The van der Waals surface area contributed by atoms with Gasteiger partial charge < -0.3 is 14.8 Å². The van der Waals surface area contributed by atoms with Crippen LogP contribution in [0.1, 0.15) is 24.4 Å². The Bertz CT molecular complexity index is 585. The number of hydrogen-bond donors (Lipinski definition) is 1.